The molecule has 0 bridgehead atoms. The average molecular weight is 607 g/mol. The lowest BCUT2D eigenvalue weighted by molar-refractivity contribution is -0.208. The number of allylic oxidation sites excluding steroid dienone is 1. The predicted molar refractivity (Wildman–Crippen MR) is 172 cm³/mol. The molecule has 6 atom stereocenters. The van der Waals surface area contributed by atoms with Gasteiger partial charge in [0, 0.05) is 24.2 Å². The molecule has 2 unspecified atom stereocenters. The maximum Gasteiger partial charge on any atom is 0.192 e. The van der Waals surface area contributed by atoms with E-state index in [9.17, 15) is 5.11 Å². The van der Waals surface area contributed by atoms with Crippen molar-refractivity contribution in [2.75, 3.05) is 19.8 Å². The zero-order chi connectivity index (χ0) is 30.5. The van der Waals surface area contributed by atoms with Crippen molar-refractivity contribution >= 4 is 8.32 Å². The quantitative estimate of drug-likeness (QED) is 0.277. The first-order valence-electron chi connectivity index (χ1n) is 17.0. The molecule has 0 radical (unpaired) electrons. The van der Waals surface area contributed by atoms with Crippen molar-refractivity contribution in [3.05, 3.63) is 58.7 Å². The minimum absolute atomic E-state index is 0.0348. The molecule has 43 heavy (non-hydrogen) atoms. The Balaban J connectivity index is 1.26. The van der Waals surface area contributed by atoms with Crippen molar-refractivity contribution in [2.45, 2.75) is 133 Å². The molecule has 6 heteroatoms. The van der Waals surface area contributed by atoms with Crippen LogP contribution in [0.2, 0.25) is 18.1 Å². The third kappa shape index (κ3) is 4.56. The van der Waals surface area contributed by atoms with Crippen molar-refractivity contribution in [1.82, 2.24) is 0 Å². The molecule has 0 aromatic heterocycles. The Labute approximate surface area is 260 Å². The molecular weight excluding hydrogens is 552 g/mol. The van der Waals surface area contributed by atoms with E-state index in [1.165, 1.54) is 34.3 Å². The van der Waals surface area contributed by atoms with Crippen molar-refractivity contribution in [2.24, 2.45) is 17.3 Å². The summed E-state index contributed by atoms with van der Waals surface area (Å²) in [5.74, 6) is 0.673. The summed E-state index contributed by atoms with van der Waals surface area (Å²) < 4.78 is 25.6. The summed E-state index contributed by atoms with van der Waals surface area (Å²) in [7, 11) is -1.83. The van der Waals surface area contributed by atoms with Crippen LogP contribution in [0.4, 0.5) is 0 Å². The maximum absolute atomic E-state index is 12.4. The van der Waals surface area contributed by atoms with Crippen LogP contribution in [0, 0.1) is 17.3 Å². The summed E-state index contributed by atoms with van der Waals surface area (Å²) in [5.41, 5.74) is 5.74. The van der Waals surface area contributed by atoms with Gasteiger partial charge in [-0.2, -0.15) is 0 Å². The van der Waals surface area contributed by atoms with E-state index in [2.05, 4.69) is 71.6 Å². The molecule has 1 N–H and O–H groups in total. The van der Waals surface area contributed by atoms with Gasteiger partial charge < -0.3 is 23.7 Å². The first-order valence-corrected chi connectivity index (χ1v) is 19.9. The fourth-order valence-electron chi connectivity index (χ4n) is 10.1. The van der Waals surface area contributed by atoms with Crippen molar-refractivity contribution < 1.29 is 23.7 Å². The predicted octanol–water partition coefficient (Wildman–Crippen LogP) is 8.19. The smallest absolute Gasteiger partial charge is 0.192 e. The van der Waals surface area contributed by atoms with Gasteiger partial charge in [-0.25, -0.2) is 0 Å². The van der Waals surface area contributed by atoms with Gasteiger partial charge in [0.2, 0.25) is 0 Å². The zero-order valence-corrected chi connectivity index (χ0v) is 28.5. The van der Waals surface area contributed by atoms with Crippen LogP contribution in [-0.4, -0.2) is 50.2 Å². The molecule has 3 saturated carbocycles. The van der Waals surface area contributed by atoms with Gasteiger partial charge in [-0.05, 0) is 97.2 Å². The fraction of sp³-hybridized carbons (Fsp3) is 0.730. The summed E-state index contributed by atoms with van der Waals surface area (Å²) >= 11 is 0. The number of fused-ring (bicyclic) bond motifs is 5. The normalized spacial score (nSPS) is 39.0. The first-order chi connectivity index (χ1) is 20.2. The van der Waals surface area contributed by atoms with Gasteiger partial charge >= 0.3 is 0 Å². The molecule has 1 aromatic rings. The van der Waals surface area contributed by atoms with Gasteiger partial charge in [0.15, 0.2) is 14.1 Å². The highest BCUT2D eigenvalue weighted by molar-refractivity contribution is 6.74. The Bertz CT molecular complexity index is 1300. The Morgan fingerprint density at radius 1 is 0.977 bits per heavy atom. The molecule has 236 valence electrons. The summed E-state index contributed by atoms with van der Waals surface area (Å²) in [5, 5.41) is 12.6. The van der Waals surface area contributed by atoms with Crippen LogP contribution < -0.4 is 0 Å². The van der Waals surface area contributed by atoms with Crippen molar-refractivity contribution in [3.8, 4) is 0 Å². The Kier molecular flexibility index (Phi) is 7.14. The van der Waals surface area contributed by atoms with Gasteiger partial charge in [-0.3, -0.25) is 0 Å². The summed E-state index contributed by atoms with van der Waals surface area (Å²) in [6, 6.07) is 9.29. The largest absolute Gasteiger partial charge is 0.413 e. The average Bonchev–Trinajstić information content (AvgIpc) is 3.64. The summed E-state index contributed by atoms with van der Waals surface area (Å²) in [6.07, 6.45) is 8.36. The molecule has 2 spiro atoms. The van der Waals surface area contributed by atoms with E-state index in [1.807, 2.05) is 0 Å². The third-order valence-corrected chi connectivity index (χ3v) is 17.9. The molecule has 5 nitrogen and oxygen atoms in total. The van der Waals surface area contributed by atoms with E-state index in [0.29, 0.717) is 38.1 Å². The van der Waals surface area contributed by atoms with Crippen LogP contribution in [0.15, 0.2) is 47.6 Å². The lowest BCUT2D eigenvalue weighted by atomic mass is 9.49. The van der Waals surface area contributed by atoms with Crippen LogP contribution in [0.5, 0.6) is 0 Å². The van der Waals surface area contributed by atoms with Gasteiger partial charge in [0.1, 0.15) is 0 Å². The van der Waals surface area contributed by atoms with Gasteiger partial charge in [-0.1, -0.05) is 64.1 Å². The molecule has 2 aliphatic heterocycles. The highest BCUT2D eigenvalue weighted by Gasteiger charge is 2.67. The van der Waals surface area contributed by atoms with E-state index in [0.717, 1.165) is 51.6 Å². The first kappa shape index (κ1) is 30.4. The molecule has 1 aromatic carbocycles. The topological polar surface area (TPSA) is 57.2 Å². The highest BCUT2D eigenvalue weighted by atomic mass is 28.4. The molecule has 2 heterocycles. The monoisotopic (exact) mass is 606 g/mol. The standard InChI is InChI=1S/C37H54O5Si/c1-25-15-19-41-37(25)18-14-30-28-12-16-35(38)24-36(39-20-21-40-36)17-13-31(35)32(28)29(22-34(30,37)5)27-10-8-26(9-11-27)23-42-43(6,7)33(2,3)4/h8-11,28-30,38H,1,12-24H2,2-7H3/t28?,29-,30?,34+,35-,37-/m1/s1. The fourth-order valence-corrected chi connectivity index (χ4v) is 11.1. The minimum atomic E-state index is -1.83. The molecule has 0 amide bonds. The number of aliphatic hydroxyl groups is 1. The Morgan fingerprint density at radius 2 is 1.70 bits per heavy atom. The van der Waals surface area contributed by atoms with Crippen molar-refractivity contribution in [3.63, 3.8) is 0 Å². The number of benzene rings is 1. The molecule has 7 rings (SSSR count). The molecule has 2 saturated heterocycles. The zero-order valence-electron chi connectivity index (χ0n) is 27.5. The summed E-state index contributed by atoms with van der Waals surface area (Å²) in [4.78, 5) is 0. The highest BCUT2D eigenvalue weighted by Crippen LogP contribution is 2.70. The van der Waals surface area contributed by atoms with Gasteiger partial charge in [0.05, 0.1) is 37.6 Å². The third-order valence-electron chi connectivity index (χ3n) is 13.5. The van der Waals surface area contributed by atoms with E-state index in [-0.39, 0.29) is 22.0 Å². The second-order valence-electron chi connectivity index (χ2n) is 16.5. The van der Waals surface area contributed by atoms with Crippen LogP contribution in [-0.2, 0) is 25.2 Å². The number of ether oxygens (including phenoxy) is 3. The van der Waals surface area contributed by atoms with E-state index in [1.54, 1.807) is 0 Å². The summed E-state index contributed by atoms with van der Waals surface area (Å²) in [6.45, 7) is 21.4. The molecule has 4 aliphatic carbocycles. The Hall–Kier alpha value is -1.28. The van der Waals surface area contributed by atoms with Crippen LogP contribution >= 0.6 is 0 Å². The van der Waals surface area contributed by atoms with Gasteiger partial charge in [-0.15, -0.1) is 0 Å². The van der Waals surface area contributed by atoms with Crippen LogP contribution in [0.3, 0.4) is 0 Å². The van der Waals surface area contributed by atoms with Crippen molar-refractivity contribution in [1.29, 1.82) is 0 Å². The van der Waals surface area contributed by atoms with Gasteiger partial charge in [0.25, 0.3) is 0 Å². The second-order valence-corrected chi connectivity index (χ2v) is 21.3. The van der Waals surface area contributed by atoms with E-state index >= 15 is 0 Å². The SMILES string of the molecule is C=C1CCO[C@]12CCC1C3CC[C@@]4(O)CC5(CCC4=C3[C@@H](c3ccc(CO[Si](C)(C)C(C)(C)C)cc3)C[C@@]12C)OCCO5. The van der Waals surface area contributed by atoms with Crippen LogP contribution in [0.25, 0.3) is 0 Å². The lowest BCUT2D eigenvalue weighted by Crippen LogP contribution is -2.55. The molecule has 5 fully saturated rings. The van der Waals surface area contributed by atoms with Crippen LogP contribution in [0.1, 0.15) is 103 Å². The van der Waals surface area contributed by atoms with E-state index in [4.69, 9.17) is 18.6 Å². The van der Waals surface area contributed by atoms with E-state index < -0.39 is 19.7 Å². The number of hydrogen-bond donors (Lipinski definition) is 1. The molecular formula is C37H54O5Si. The number of hydrogen-bond acceptors (Lipinski definition) is 5. The Morgan fingerprint density at radius 3 is 2.35 bits per heavy atom. The minimum Gasteiger partial charge on any atom is -0.413 e. The molecule has 6 aliphatic rings. The number of rotatable bonds is 4. The second kappa shape index (κ2) is 10.1. The lowest BCUT2D eigenvalue weighted by Gasteiger charge is -2.58. The maximum atomic E-state index is 12.4.